The molecule has 0 amide bonds. The van der Waals surface area contributed by atoms with Crippen molar-refractivity contribution >= 4 is 23.7 Å². The number of hydrogen-bond acceptors (Lipinski definition) is 2. The minimum absolute atomic E-state index is 0.0387. The fourth-order valence-electron chi connectivity index (χ4n) is 2.74. The van der Waals surface area contributed by atoms with Crippen molar-refractivity contribution in [2.24, 2.45) is 5.92 Å². The van der Waals surface area contributed by atoms with Gasteiger partial charge in [0.25, 0.3) is 0 Å². The molecule has 1 N–H and O–H groups in total. The van der Waals surface area contributed by atoms with Crippen LogP contribution in [0.1, 0.15) is 13.8 Å². The molecule has 0 heterocycles. The van der Waals surface area contributed by atoms with Crippen LogP contribution in [0.4, 0.5) is 0 Å². The molecule has 120 valence electrons. The van der Waals surface area contributed by atoms with E-state index in [0.717, 1.165) is 16.7 Å². The molecule has 0 aromatic heterocycles. The van der Waals surface area contributed by atoms with Crippen LogP contribution in [0.2, 0.25) is 0 Å². The molecule has 0 saturated carbocycles. The summed E-state index contributed by atoms with van der Waals surface area (Å²) in [6.45, 7) is 3.94. The first-order chi connectivity index (χ1) is 11.0. The number of hydrogen-bond donors (Lipinski definition) is 1. The minimum atomic E-state index is -3.00. The molecule has 2 aromatic carbocycles. The summed E-state index contributed by atoms with van der Waals surface area (Å²) in [6, 6.07) is 18.7. The zero-order valence-corrected chi connectivity index (χ0v) is 14.2. The van der Waals surface area contributed by atoms with Gasteiger partial charge in [0.2, 0.25) is 0 Å². The predicted molar refractivity (Wildman–Crippen MR) is 95.2 cm³/mol. The highest BCUT2D eigenvalue weighted by Crippen LogP contribution is 2.51. The summed E-state index contributed by atoms with van der Waals surface area (Å²) in [5, 5.41) is 10.5. The van der Waals surface area contributed by atoms with Gasteiger partial charge >= 0.3 is 5.97 Å². The molecule has 0 saturated heterocycles. The molecule has 0 aliphatic rings. The second-order valence-corrected chi connectivity index (χ2v) is 8.71. The second-order valence-electron chi connectivity index (χ2n) is 5.76. The Labute approximate surface area is 137 Å². The molecule has 1 unspecified atom stereocenters. The van der Waals surface area contributed by atoms with Crippen LogP contribution in [-0.2, 0) is 9.36 Å². The highest BCUT2D eigenvalue weighted by atomic mass is 31.2. The van der Waals surface area contributed by atoms with Gasteiger partial charge in [0.1, 0.15) is 7.14 Å². The van der Waals surface area contributed by atoms with Gasteiger partial charge in [-0.3, -0.25) is 0 Å². The molecule has 4 heteroatoms. The van der Waals surface area contributed by atoms with Crippen molar-refractivity contribution in [2.75, 3.05) is 0 Å². The molecule has 23 heavy (non-hydrogen) atoms. The summed E-state index contributed by atoms with van der Waals surface area (Å²) in [5.41, 5.74) is -0.372. The number of rotatable bonds is 6. The predicted octanol–water partition coefficient (Wildman–Crippen LogP) is 3.67. The Bertz CT molecular complexity index is 677. The van der Waals surface area contributed by atoms with Gasteiger partial charge in [0.15, 0.2) is 0 Å². The lowest BCUT2D eigenvalue weighted by Crippen LogP contribution is -2.28. The van der Waals surface area contributed by atoms with E-state index in [2.05, 4.69) is 0 Å². The lowest BCUT2D eigenvalue weighted by Gasteiger charge is -2.29. The number of carboxylic acid groups (broad SMARTS) is 1. The topological polar surface area (TPSA) is 54.4 Å². The molecule has 2 aromatic rings. The second kappa shape index (κ2) is 7.43. The van der Waals surface area contributed by atoms with Gasteiger partial charge in [-0.2, -0.15) is 0 Å². The van der Waals surface area contributed by atoms with Crippen LogP contribution in [0.15, 0.2) is 72.8 Å². The highest BCUT2D eigenvalue weighted by Gasteiger charge is 2.36. The Kier molecular flexibility index (Phi) is 5.57. The van der Waals surface area contributed by atoms with Gasteiger partial charge in [-0.15, -0.1) is 0 Å². The maximum atomic E-state index is 14.1. The first-order valence-electron chi connectivity index (χ1n) is 7.58. The van der Waals surface area contributed by atoms with E-state index in [0.29, 0.717) is 0 Å². The third-order valence-electron chi connectivity index (χ3n) is 3.82. The first-order valence-corrected chi connectivity index (χ1v) is 9.36. The van der Waals surface area contributed by atoms with Crippen molar-refractivity contribution in [1.29, 1.82) is 0 Å². The standard InChI is InChI=1S/C19H21O3P/c1-15(2)18(13-14-19(20)21)23(22,16-9-5-3-6-10-16)17-11-7-4-8-12-17/h3-15,18H,1-2H3,(H,20,21)/b14-13+. The maximum Gasteiger partial charge on any atom is 0.328 e. The fraction of sp³-hybridized carbons (Fsp3) is 0.211. The van der Waals surface area contributed by atoms with Crippen LogP contribution in [-0.4, -0.2) is 16.7 Å². The zero-order valence-electron chi connectivity index (χ0n) is 13.3. The molecule has 1 atom stereocenters. The Morgan fingerprint density at radius 1 is 0.957 bits per heavy atom. The van der Waals surface area contributed by atoms with Crippen LogP contribution in [0.25, 0.3) is 0 Å². The third kappa shape index (κ3) is 3.80. The highest BCUT2D eigenvalue weighted by molar-refractivity contribution is 7.79. The Morgan fingerprint density at radius 2 is 1.39 bits per heavy atom. The number of aliphatic carboxylic acids is 1. The van der Waals surface area contributed by atoms with E-state index in [4.69, 9.17) is 5.11 Å². The van der Waals surface area contributed by atoms with Gasteiger partial charge in [0, 0.05) is 22.3 Å². The van der Waals surface area contributed by atoms with Crippen molar-refractivity contribution < 1.29 is 14.5 Å². The summed E-state index contributed by atoms with van der Waals surface area (Å²) < 4.78 is 14.1. The van der Waals surface area contributed by atoms with Crippen molar-refractivity contribution in [2.45, 2.75) is 19.5 Å². The largest absolute Gasteiger partial charge is 0.478 e. The molecule has 0 bridgehead atoms. The van der Waals surface area contributed by atoms with Gasteiger partial charge in [0.05, 0.1) is 0 Å². The van der Waals surface area contributed by atoms with E-state index in [1.165, 1.54) is 0 Å². The fourth-order valence-corrected chi connectivity index (χ4v) is 6.12. The van der Waals surface area contributed by atoms with Crippen molar-refractivity contribution in [3.05, 3.63) is 72.8 Å². The maximum absolute atomic E-state index is 14.1. The minimum Gasteiger partial charge on any atom is -0.478 e. The smallest absolute Gasteiger partial charge is 0.328 e. The van der Waals surface area contributed by atoms with Crippen LogP contribution in [0.5, 0.6) is 0 Å². The van der Waals surface area contributed by atoms with Crippen molar-refractivity contribution in [3.8, 4) is 0 Å². The van der Waals surface area contributed by atoms with Crippen molar-refractivity contribution in [1.82, 2.24) is 0 Å². The number of carboxylic acids is 1. The lowest BCUT2D eigenvalue weighted by molar-refractivity contribution is -0.131. The molecule has 0 spiro atoms. The number of carbonyl (C=O) groups is 1. The molecule has 0 radical (unpaired) electrons. The monoisotopic (exact) mass is 328 g/mol. The van der Waals surface area contributed by atoms with Crippen molar-refractivity contribution in [3.63, 3.8) is 0 Å². The summed E-state index contributed by atoms with van der Waals surface area (Å²) in [6.07, 6.45) is 2.68. The quantitative estimate of drug-likeness (QED) is 0.650. The number of allylic oxidation sites excluding steroid dienone is 1. The first kappa shape index (κ1) is 17.2. The van der Waals surface area contributed by atoms with Crippen LogP contribution < -0.4 is 10.6 Å². The molecular weight excluding hydrogens is 307 g/mol. The third-order valence-corrected chi connectivity index (χ3v) is 7.56. The van der Waals surface area contributed by atoms with Gasteiger partial charge in [-0.1, -0.05) is 80.6 Å². The molecular formula is C19H21O3P. The van der Waals surface area contributed by atoms with Crippen LogP contribution >= 0.6 is 7.14 Å². The van der Waals surface area contributed by atoms with E-state index in [-0.39, 0.29) is 11.6 Å². The Morgan fingerprint density at radius 3 is 1.74 bits per heavy atom. The molecule has 0 aliphatic carbocycles. The Hall–Kier alpha value is -2.12. The Balaban J connectivity index is 2.66. The van der Waals surface area contributed by atoms with E-state index in [1.807, 2.05) is 74.5 Å². The van der Waals surface area contributed by atoms with Crippen LogP contribution in [0.3, 0.4) is 0 Å². The van der Waals surface area contributed by atoms with Crippen LogP contribution in [0, 0.1) is 5.92 Å². The summed E-state index contributed by atoms with van der Waals surface area (Å²) in [7, 11) is -3.00. The summed E-state index contributed by atoms with van der Waals surface area (Å²) in [4.78, 5) is 10.9. The summed E-state index contributed by atoms with van der Waals surface area (Å²) >= 11 is 0. The lowest BCUT2D eigenvalue weighted by atomic mass is 10.1. The molecule has 0 aliphatic heterocycles. The zero-order chi connectivity index (χ0) is 16.9. The van der Waals surface area contributed by atoms with E-state index < -0.39 is 13.1 Å². The van der Waals surface area contributed by atoms with E-state index in [1.54, 1.807) is 6.08 Å². The van der Waals surface area contributed by atoms with Gasteiger partial charge in [-0.25, -0.2) is 4.79 Å². The SMILES string of the molecule is CC(C)C(/C=C/C(=O)O)P(=O)(c1ccccc1)c1ccccc1. The molecule has 3 nitrogen and oxygen atoms in total. The van der Waals surface area contributed by atoms with Gasteiger partial charge in [-0.05, 0) is 5.92 Å². The van der Waals surface area contributed by atoms with Gasteiger partial charge < -0.3 is 9.67 Å². The molecule has 0 fully saturated rings. The number of benzene rings is 2. The van der Waals surface area contributed by atoms with E-state index >= 15 is 0 Å². The normalized spacial score (nSPS) is 13.3. The summed E-state index contributed by atoms with van der Waals surface area (Å²) in [5.74, 6) is -0.986. The average molecular weight is 328 g/mol. The molecule has 2 rings (SSSR count). The average Bonchev–Trinajstić information content (AvgIpc) is 2.55. The van der Waals surface area contributed by atoms with E-state index in [9.17, 15) is 9.36 Å².